The van der Waals surface area contributed by atoms with Gasteiger partial charge < -0.3 is 4.90 Å². The van der Waals surface area contributed by atoms with Gasteiger partial charge in [0.05, 0.1) is 0 Å². The lowest BCUT2D eigenvalue weighted by Crippen LogP contribution is -2.40. The molecule has 2 aliphatic rings. The zero-order valence-electron chi connectivity index (χ0n) is 9.48. The molecule has 2 heterocycles. The third kappa shape index (κ3) is 1.57. The van der Waals surface area contributed by atoms with Gasteiger partial charge in [-0.1, -0.05) is 0 Å². The molecular formula is C12H16N2O2. The summed E-state index contributed by atoms with van der Waals surface area (Å²) in [6.07, 6.45) is 8.46. The summed E-state index contributed by atoms with van der Waals surface area (Å²) in [7, 11) is 0. The van der Waals surface area contributed by atoms with Crippen LogP contribution in [-0.4, -0.2) is 40.4 Å². The van der Waals surface area contributed by atoms with E-state index in [1.807, 2.05) is 6.92 Å². The van der Waals surface area contributed by atoms with Crippen molar-refractivity contribution in [1.82, 2.24) is 9.80 Å². The molecule has 0 aromatic rings. The number of carbonyl (C=O) groups excluding carboxylic acids is 2. The number of imide groups is 1. The number of urea groups is 1. The first kappa shape index (κ1) is 11.0. The summed E-state index contributed by atoms with van der Waals surface area (Å²) in [5.74, 6) is 2.44. The normalized spacial score (nSPS) is 26.6. The highest BCUT2D eigenvalue weighted by atomic mass is 16.2. The van der Waals surface area contributed by atoms with Crippen molar-refractivity contribution in [3.63, 3.8) is 0 Å². The number of fused-ring (bicyclic) bond motifs is 1. The van der Waals surface area contributed by atoms with E-state index in [-0.39, 0.29) is 24.0 Å². The Morgan fingerprint density at radius 3 is 2.88 bits per heavy atom. The third-order valence-electron chi connectivity index (χ3n) is 3.33. The Balaban J connectivity index is 2.19. The number of nitrogens with zero attached hydrogens (tertiary/aromatic N) is 2. The third-order valence-corrected chi connectivity index (χ3v) is 3.33. The quantitative estimate of drug-likeness (QED) is 0.518. The van der Waals surface area contributed by atoms with Crippen molar-refractivity contribution in [2.45, 2.75) is 44.7 Å². The highest BCUT2D eigenvalue weighted by Crippen LogP contribution is 2.28. The Kier molecular flexibility index (Phi) is 2.86. The van der Waals surface area contributed by atoms with Crippen molar-refractivity contribution in [2.75, 3.05) is 6.54 Å². The highest BCUT2D eigenvalue weighted by Gasteiger charge is 2.47. The number of hydrogen-bond acceptors (Lipinski definition) is 2. The zero-order valence-corrected chi connectivity index (χ0v) is 9.48. The summed E-state index contributed by atoms with van der Waals surface area (Å²) in [5, 5.41) is 0. The average molecular weight is 220 g/mol. The number of amides is 3. The van der Waals surface area contributed by atoms with Crippen LogP contribution in [0.15, 0.2) is 0 Å². The molecule has 0 aromatic carbocycles. The fourth-order valence-electron chi connectivity index (χ4n) is 2.48. The van der Waals surface area contributed by atoms with Crippen LogP contribution >= 0.6 is 0 Å². The van der Waals surface area contributed by atoms with E-state index in [4.69, 9.17) is 6.42 Å². The smallest absolute Gasteiger partial charge is 0.312 e. The van der Waals surface area contributed by atoms with Crippen molar-refractivity contribution in [3.8, 4) is 12.3 Å². The molecule has 0 unspecified atom stereocenters. The van der Waals surface area contributed by atoms with Gasteiger partial charge in [-0.05, 0) is 26.2 Å². The Morgan fingerprint density at radius 2 is 2.25 bits per heavy atom. The van der Waals surface area contributed by atoms with Gasteiger partial charge in [0.15, 0.2) is 0 Å². The van der Waals surface area contributed by atoms with Crippen molar-refractivity contribution in [3.05, 3.63) is 0 Å². The van der Waals surface area contributed by atoms with Gasteiger partial charge in [0, 0.05) is 19.0 Å². The minimum atomic E-state index is -0.221. The highest BCUT2D eigenvalue weighted by molar-refractivity contribution is 6.04. The molecule has 0 radical (unpaired) electrons. The maximum absolute atomic E-state index is 12.1. The Morgan fingerprint density at radius 1 is 1.50 bits per heavy atom. The second-order valence-corrected chi connectivity index (χ2v) is 4.45. The summed E-state index contributed by atoms with van der Waals surface area (Å²) in [5.41, 5.74) is 0. The van der Waals surface area contributed by atoms with E-state index in [1.54, 1.807) is 4.90 Å². The minimum absolute atomic E-state index is 0.0625. The first-order chi connectivity index (χ1) is 7.66. The Labute approximate surface area is 95.6 Å². The van der Waals surface area contributed by atoms with E-state index in [2.05, 4.69) is 5.92 Å². The van der Waals surface area contributed by atoms with E-state index in [0.29, 0.717) is 13.0 Å². The van der Waals surface area contributed by atoms with E-state index < -0.39 is 0 Å². The molecule has 0 bridgehead atoms. The van der Waals surface area contributed by atoms with Crippen LogP contribution in [0, 0.1) is 12.3 Å². The van der Waals surface area contributed by atoms with E-state index >= 15 is 0 Å². The van der Waals surface area contributed by atoms with E-state index in [1.165, 1.54) is 4.90 Å². The number of rotatable bonds is 2. The molecule has 0 spiro atoms. The molecule has 3 amide bonds. The number of hydrogen-bond donors (Lipinski definition) is 0. The Bertz CT molecular complexity index is 335. The van der Waals surface area contributed by atoms with Crippen LogP contribution in [0.3, 0.4) is 0 Å². The van der Waals surface area contributed by atoms with Gasteiger partial charge in [-0.15, -0.1) is 12.3 Å². The van der Waals surface area contributed by atoms with Gasteiger partial charge in [-0.3, -0.25) is 9.69 Å². The molecule has 86 valence electrons. The molecule has 2 aliphatic heterocycles. The second kappa shape index (κ2) is 4.17. The van der Waals surface area contributed by atoms with Crippen LogP contribution in [0.5, 0.6) is 0 Å². The van der Waals surface area contributed by atoms with Gasteiger partial charge in [0.25, 0.3) is 5.91 Å². The lowest BCUT2D eigenvalue weighted by Gasteiger charge is -2.26. The molecule has 2 saturated heterocycles. The molecule has 0 N–H and O–H groups in total. The van der Waals surface area contributed by atoms with Crippen LogP contribution in [-0.2, 0) is 4.79 Å². The molecule has 0 aliphatic carbocycles. The Hall–Kier alpha value is -1.50. The standard InChI is InChI=1S/C12H16N2O2/c1-3-6-9(2)14-11(15)10-7-4-5-8-13(10)12(14)16/h1,9-10H,4-8H2,2H3/t9-,10+/m0/s1. The second-order valence-electron chi connectivity index (χ2n) is 4.45. The van der Waals surface area contributed by atoms with Crippen LogP contribution in [0.4, 0.5) is 4.79 Å². The molecule has 4 heteroatoms. The summed E-state index contributed by atoms with van der Waals surface area (Å²) >= 11 is 0. The van der Waals surface area contributed by atoms with Crippen molar-refractivity contribution >= 4 is 11.9 Å². The van der Waals surface area contributed by atoms with Gasteiger partial charge in [0.2, 0.25) is 0 Å². The fraction of sp³-hybridized carbons (Fsp3) is 0.667. The largest absolute Gasteiger partial charge is 0.327 e. The summed E-state index contributed by atoms with van der Waals surface area (Å²) in [6.45, 7) is 2.53. The number of piperidine rings is 1. The van der Waals surface area contributed by atoms with E-state index in [0.717, 1.165) is 19.3 Å². The van der Waals surface area contributed by atoms with Crippen LogP contribution in [0.1, 0.15) is 32.6 Å². The maximum Gasteiger partial charge on any atom is 0.327 e. The van der Waals surface area contributed by atoms with Crippen LogP contribution in [0.2, 0.25) is 0 Å². The molecule has 2 fully saturated rings. The van der Waals surface area contributed by atoms with Crippen LogP contribution in [0.25, 0.3) is 0 Å². The molecule has 4 nitrogen and oxygen atoms in total. The molecule has 2 rings (SSSR count). The maximum atomic E-state index is 12.1. The first-order valence-corrected chi connectivity index (χ1v) is 5.74. The molecule has 0 saturated carbocycles. The predicted octanol–water partition coefficient (Wildman–Crippen LogP) is 1.21. The monoisotopic (exact) mass is 220 g/mol. The van der Waals surface area contributed by atoms with Gasteiger partial charge >= 0.3 is 6.03 Å². The number of carbonyl (C=O) groups is 2. The summed E-state index contributed by atoms with van der Waals surface area (Å²) in [6, 6.07) is -0.561. The average Bonchev–Trinajstić information content (AvgIpc) is 2.53. The minimum Gasteiger partial charge on any atom is -0.312 e. The van der Waals surface area contributed by atoms with E-state index in [9.17, 15) is 9.59 Å². The summed E-state index contributed by atoms with van der Waals surface area (Å²) in [4.78, 5) is 27.1. The predicted molar refractivity (Wildman–Crippen MR) is 59.5 cm³/mol. The fourth-order valence-corrected chi connectivity index (χ4v) is 2.48. The number of terminal acetylenes is 1. The van der Waals surface area contributed by atoms with Crippen LogP contribution < -0.4 is 0 Å². The molecular weight excluding hydrogens is 204 g/mol. The van der Waals surface area contributed by atoms with Gasteiger partial charge in [-0.2, -0.15) is 0 Å². The van der Waals surface area contributed by atoms with Crippen molar-refractivity contribution in [1.29, 1.82) is 0 Å². The molecule has 0 aromatic heterocycles. The van der Waals surface area contributed by atoms with Crippen molar-refractivity contribution < 1.29 is 9.59 Å². The van der Waals surface area contributed by atoms with Gasteiger partial charge in [-0.25, -0.2) is 4.79 Å². The summed E-state index contributed by atoms with van der Waals surface area (Å²) < 4.78 is 0. The van der Waals surface area contributed by atoms with Gasteiger partial charge in [0.1, 0.15) is 6.04 Å². The SMILES string of the molecule is C#CC[C@H](C)N1C(=O)[C@H]2CCCCN2C1=O. The lowest BCUT2D eigenvalue weighted by atomic mass is 10.0. The topological polar surface area (TPSA) is 40.6 Å². The molecule has 2 atom stereocenters. The first-order valence-electron chi connectivity index (χ1n) is 5.74. The van der Waals surface area contributed by atoms with Crippen molar-refractivity contribution in [2.24, 2.45) is 0 Å². The lowest BCUT2D eigenvalue weighted by molar-refractivity contribution is -0.130. The molecule has 16 heavy (non-hydrogen) atoms. The zero-order chi connectivity index (χ0) is 11.7.